The van der Waals surface area contributed by atoms with Crippen LogP contribution in [0.15, 0.2) is 42.5 Å². The van der Waals surface area contributed by atoms with Crippen LogP contribution in [0.4, 0.5) is 0 Å². The fraction of sp³-hybridized carbons (Fsp3) is 0.417. The number of thiazole rings is 1. The third-order valence-electron chi connectivity index (χ3n) is 5.59. The lowest BCUT2D eigenvalue weighted by molar-refractivity contribution is 0.0581. The van der Waals surface area contributed by atoms with Crippen molar-refractivity contribution in [2.75, 3.05) is 33.3 Å². The zero-order valence-corrected chi connectivity index (χ0v) is 19.3. The number of hydrogen-bond acceptors (Lipinski definition) is 6. The van der Waals surface area contributed by atoms with Crippen molar-refractivity contribution < 1.29 is 14.3 Å². The molecule has 31 heavy (non-hydrogen) atoms. The minimum atomic E-state index is 0.0293. The highest BCUT2D eigenvalue weighted by Crippen LogP contribution is 2.31. The Labute approximate surface area is 187 Å². The van der Waals surface area contributed by atoms with Crippen molar-refractivity contribution in [1.82, 2.24) is 14.8 Å². The van der Waals surface area contributed by atoms with E-state index in [1.54, 1.807) is 24.5 Å². The van der Waals surface area contributed by atoms with E-state index in [4.69, 9.17) is 14.5 Å². The van der Waals surface area contributed by atoms with Gasteiger partial charge in [-0.25, -0.2) is 4.98 Å². The molecule has 1 aliphatic heterocycles. The summed E-state index contributed by atoms with van der Waals surface area (Å²) >= 11 is 1.75. The number of hydrogen-bond donors (Lipinski definition) is 0. The lowest BCUT2D eigenvalue weighted by Crippen LogP contribution is -2.49. The first-order chi connectivity index (χ1) is 15.0. The minimum Gasteiger partial charge on any atom is -0.493 e. The van der Waals surface area contributed by atoms with Gasteiger partial charge >= 0.3 is 0 Å². The van der Waals surface area contributed by atoms with Crippen LogP contribution in [0.5, 0.6) is 11.5 Å². The summed E-state index contributed by atoms with van der Waals surface area (Å²) in [7, 11) is 1.60. The van der Waals surface area contributed by atoms with Crippen LogP contribution in [-0.4, -0.2) is 60.1 Å². The molecule has 6 nitrogen and oxygen atoms in total. The molecule has 1 saturated heterocycles. The van der Waals surface area contributed by atoms with Crippen molar-refractivity contribution in [3.05, 3.63) is 53.0 Å². The SMILES string of the molecule is COc1cc(C(=O)N2CCN([C@H](C)c3nc4ccccc4s3)CC2)ccc1OC(C)C. The number of fused-ring (bicyclic) bond motifs is 1. The van der Waals surface area contributed by atoms with Gasteiger partial charge in [0.05, 0.1) is 29.5 Å². The normalized spacial score (nSPS) is 16.0. The molecular weight excluding hydrogens is 410 g/mol. The molecule has 3 aromatic rings. The maximum atomic E-state index is 13.1. The summed E-state index contributed by atoms with van der Waals surface area (Å²) in [5.74, 6) is 1.27. The standard InChI is InChI=1S/C24H29N3O3S/c1-16(2)30-20-10-9-18(15-21(20)29-4)24(28)27-13-11-26(12-14-27)17(3)23-25-19-7-5-6-8-22(19)31-23/h5-10,15-17H,11-14H2,1-4H3/t17-/m1/s1. The molecular formula is C24H29N3O3S. The first-order valence-electron chi connectivity index (χ1n) is 10.7. The maximum absolute atomic E-state index is 13.1. The van der Waals surface area contributed by atoms with Gasteiger partial charge in [0.15, 0.2) is 11.5 Å². The average molecular weight is 440 g/mol. The number of para-hydroxylation sites is 1. The molecule has 4 rings (SSSR count). The van der Waals surface area contributed by atoms with E-state index in [1.807, 2.05) is 36.9 Å². The highest BCUT2D eigenvalue weighted by Gasteiger charge is 2.27. The molecule has 2 aromatic carbocycles. The number of nitrogens with zero attached hydrogens (tertiary/aromatic N) is 3. The number of rotatable bonds is 6. The van der Waals surface area contributed by atoms with Gasteiger partial charge in [0.25, 0.3) is 5.91 Å². The summed E-state index contributed by atoms with van der Waals surface area (Å²) in [6.45, 7) is 9.18. The number of benzene rings is 2. The second kappa shape index (κ2) is 9.24. The summed E-state index contributed by atoms with van der Waals surface area (Å²) in [6, 6.07) is 13.9. The van der Waals surface area contributed by atoms with Crippen LogP contribution >= 0.6 is 11.3 Å². The van der Waals surface area contributed by atoms with E-state index in [9.17, 15) is 4.79 Å². The quantitative estimate of drug-likeness (QED) is 0.561. The van der Waals surface area contributed by atoms with Crippen LogP contribution in [0.3, 0.4) is 0 Å². The van der Waals surface area contributed by atoms with Gasteiger partial charge in [-0.2, -0.15) is 0 Å². The first-order valence-corrected chi connectivity index (χ1v) is 11.5. The summed E-state index contributed by atoms with van der Waals surface area (Å²) in [6.07, 6.45) is 0.0425. The topological polar surface area (TPSA) is 54.9 Å². The number of methoxy groups -OCH3 is 1. The van der Waals surface area contributed by atoms with Crippen molar-refractivity contribution >= 4 is 27.5 Å². The number of amides is 1. The molecule has 2 heterocycles. The monoisotopic (exact) mass is 439 g/mol. The number of carbonyl (C=O) groups is 1. The van der Waals surface area contributed by atoms with Crippen LogP contribution in [0.2, 0.25) is 0 Å². The third kappa shape index (κ3) is 4.67. The second-order valence-electron chi connectivity index (χ2n) is 8.06. The number of piperazine rings is 1. The maximum Gasteiger partial charge on any atom is 0.254 e. The molecule has 0 radical (unpaired) electrons. The van der Waals surface area contributed by atoms with Gasteiger partial charge in [0.2, 0.25) is 0 Å². The largest absolute Gasteiger partial charge is 0.493 e. The van der Waals surface area contributed by atoms with Gasteiger partial charge in [0.1, 0.15) is 5.01 Å². The predicted molar refractivity (Wildman–Crippen MR) is 124 cm³/mol. The van der Waals surface area contributed by atoms with E-state index in [2.05, 4.69) is 30.0 Å². The van der Waals surface area contributed by atoms with Crippen molar-refractivity contribution in [3.63, 3.8) is 0 Å². The number of aromatic nitrogens is 1. The summed E-state index contributed by atoms with van der Waals surface area (Å²) in [4.78, 5) is 22.2. The molecule has 1 atom stereocenters. The van der Waals surface area contributed by atoms with Gasteiger partial charge < -0.3 is 14.4 Å². The summed E-state index contributed by atoms with van der Waals surface area (Å²) < 4.78 is 12.4. The fourth-order valence-corrected chi connectivity index (χ4v) is 4.93. The zero-order valence-electron chi connectivity index (χ0n) is 18.5. The minimum absolute atomic E-state index is 0.0293. The van der Waals surface area contributed by atoms with Gasteiger partial charge in [0, 0.05) is 31.7 Å². The smallest absolute Gasteiger partial charge is 0.254 e. The third-order valence-corrected chi connectivity index (χ3v) is 6.80. The number of ether oxygens (including phenoxy) is 2. The van der Waals surface area contributed by atoms with Crippen LogP contribution in [0, 0.1) is 0 Å². The van der Waals surface area contributed by atoms with Crippen molar-refractivity contribution in [2.24, 2.45) is 0 Å². The Kier molecular flexibility index (Phi) is 6.43. The second-order valence-corrected chi connectivity index (χ2v) is 9.12. The average Bonchev–Trinajstić information content (AvgIpc) is 3.22. The lowest BCUT2D eigenvalue weighted by atomic mass is 10.1. The Hall–Kier alpha value is -2.64. The Morgan fingerprint density at radius 1 is 1.03 bits per heavy atom. The Morgan fingerprint density at radius 3 is 2.45 bits per heavy atom. The van der Waals surface area contributed by atoms with Gasteiger partial charge in [-0.1, -0.05) is 12.1 Å². The zero-order chi connectivity index (χ0) is 22.0. The molecule has 1 fully saturated rings. The molecule has 164 valence electrons. The predicted octanol–water partition coefficient (Wildman–Crippen LogP) is 4.61. The molecule has 0 saturated carbocycles. The van der Waals surface area contributed by atoms with Gasteiger partial charge in [-0.05, 0) is 51.1 Å². The molecule has 1 aliphatic rings. The highest BCUT2D eigenvalue weighted by molar-refractivity contribution is 7.18. The Morgan fingerprint density at radius 2 is 1.77 bits per heavy atom. The van der Waals surface area contributed by atoms with Crippen LogP contribution in [0.1, 0.15) is 42.2 Å². The molecule has 0 aliphatic carbocycles. The van der Waals surface area contributed by atoms with E-state index in [0.29, 0.717) is 30.2 Å². The van der Waals surface area contributed by atoms with Gasteiger partial charge in [-0.3, -0.25) is 9.69 Å². The molecule has 7 heteroatoms. The highest BCUT2D eigenvalue weighted by atomic mass is 32.1. The van der Waals surface area contributed by atoms with E-state index < -0.39 is 0 Å². The molecule has 0 bridgehead atoms. The Balaban J connectivity index is 1.40. The molecule has 0 N–H and O–H groups in total. The van der Waals surface area contributed by atoms with E-state index in [1.165, 1.54) is 4.70 Å². The van der Waals surface area contributed by atoms with E-state index >= 15 is 0 Å². The molecule has 0 spiro atoms. The van der Waals surface area contributed by atoms with Crippen LogP contribution in [-0.2, 0) is 0 Å². The molecule has 1 amide bonds. The van der Waals surface area contributed by atoms with Crippen molar-refractivity contribution in [1.29, 1.82) is 0 Å². The summed E-state index contributed by atoms with van der Waals surface area (Å²) in [5.41, 5.74) is 1.68. The van der Waals surface area contributed by atoms with E-state index in [-0.39, 0.29) is 18.1 Å². The first kappa shape index (κ1) is 21.6. The van der Waals surface area contributed by atoms with E-state index in [0.717, 1.165) is 23.6 Å². The Bertz CT molecular complexity index is 1020. The lowest BCUT2D eigenvalue weighted by Gasteiger charge is -2.37. The molecule has 1 aromatic heterocycles. The van der Waals surface area contributed by atoms with Crippen LogP contribution in [0.25, 0.3) is 10.2 Å². The fourth-order valence-electron chi connectivity index (χ4n) is 3.87. The number of carbonyl (C=O) groups excluding carboxylic acids is 1. The molecule has 0 unspecified atom stereocenters. The van der Waals surface area contributed by atoms with Crippen molar-refractivity contribution in [3.8, 4) is 11.5 Å². The van der Waals surface area contributed by atoms with Crippen LogP contribution < -0.4 is 9.47 Å². The summed E-state index contributed by atoms with van der Waals surface area (Å²) in [5, 5.41) is 1.13. The van der Waals surface area contributed by atoms with Crippen molar-refractivity contribution in [2.45, 2.75) is 32.9 Å². The van der Waals surface area contributed by atoms with Gasteiger partial charge in [-0.15, -0.1) is 11.3 Å².